The van der Waals surface area contributed by atoms with Crippen LogP contribution < -0.4 is 0 Å². The van der Waals surface area contributed by atoms with Crippen molar-refractivity contribution in [2.24, 2.45) is 0 Å². The lowest BCUT2D eigenvalue weighted by atomic mass is 10.4. The van der Waals surface area contributed by atoms with Gasteiger partial charge in [-0.2, -0.15) is 0 Å². The zero-order chi connectivity index (χ0) is 8.15. The fourth-order valence-electron chi connectivity index (χ4n) is 0.214. The van der Waals surface area contributed by atoms with Gasteiger partial charge < -0.3 is 4.18 Å². The lowest BCUT2D eigenvalue weighted by Gasteiger charge is -1.98. The maximum atomic E-state index is 10.6. The molecule has 1 unspecified atom stereocenters. The lowest BCUT2D eigenvalue weighted by molar-refractivity contribution is -0.129. The second-order valence-electron chi connectivity index (χ2n) is 1.74. The normalized spacial score (nSPS) is 12.2. The van der Waals surface area contributed by atoms with Crippen LogP contribution in [0.4, 0.5) is 0 Å². The largest absolute Gasteiger partial charge is 0.360 e. The van der Waals surface area contributed by atoms with E-state index in [1.54, 1.807) is 6.92 Å². The van der Waals surface area contributed by atoms with Crippen LogP contribution in [0.15, 0.2) is 12.2 Å². The van der Waals surface area contributed by atoms with Gasteiger partial charge in [-0.1, -0.05) is 13.5 Å². The molecule has 0 N–H and O–H groups in total. The van der Waals surface area contributed by atoms with E-state index in [0.717, 1.165) is 0 Å². The van der Waals surface area contributed by atoms with Crippen molar-refractivity contribution in [2.45, 2.75) is 13.8 Å². The van der Waals surface area contributed by atoms with Crippen LogP contribution in [0.3, 0.4) is 0 Å². The zero-order valence-corrected chi connectivity index (χ0v) is 6.86. The van der Waals surface area contributed by atoms with Gasteiger partial charge in [-0.05, 0) is 6.92 Å². The summed E-state index contributed by atoms with van der Waals surface area (Å²) in [4.78, 5) is 10.6. The maximum absolute atomic E-state index is 10.6. The molecule has 0 fully saturated rings. The van der Waals surface area contributed by atoms with Gasteiger partial charge in [-0.15, -0.1) is 0 Å². The second-order valence-corrected chi connectivity index (χ2v) is 3.10. The molecule has 0 aromatic rings. The molecular formula is C6H10O3S. The van der Waals surface area contributed by atoms with Crippen LogP contribution in [0, 0.1) is 0 Å². The molecule has 0 spiro atoms. The van der Waals surface area contributed by atoms with Crippen LogP contribution in [0.1, 0.15) is 13.8 Å². The molecule has 58 valence electrons. The fourth-order valence-corrected chi connectivity index (χ4v) is 0.643. The average molecular weight is 162 g/mol. The molecule has 0 aromatic carbocycles. The minimum absolute atomic E-state index is 0.266. The van der Waals surface area contributed by atoms with Gasteiger partial charge >= 0.3 is 5.97 Å². The third-order valence-corrected chi connectivity index (χ3v) is 1.56. The van der Waals surface area contributed by atoms with Crippen molar-refractivity contribution in [3.8, 4) is 0 Å². The summed E-state index contributed by atoms with van der Waals surface area (Å²) in [6.45, 7) is 6.51. The van der Waals surface area contributed by atoms with E-state index in [1.807, 2.05) is 0 Å². The van der Waals surface area contributed by atoms with Crippen LogP contribution in [0.25, 0.3) is 0 Å². The third kappa shape index (κ3) is 3.40. The molecule has 0 saturated carbocycles. The van der Waals surface area contributed by atoms with Crippen molar-refractivity contribution in [3.05, 3.63) is 12.2 Å². The van der Waals surface area contributed by atoms with Gasteiger partial charge in [0.05, 0.1) is 5.75 Å². The highest BCUT2D eigenvalue weighted by atomic mass is 32.2. The summed E-state index contributed by atoms with van der Waals surface area (Å²) in [5, 5.41) is 0. The Morgan fingerprint density at radius 1 is 1.70 bits per heavy atom. The van der Waals surface area contributed by atoms with Crippen molar-refractivity contribution in [3.63, 3.8) is 0 Å². The standard InChI is InChI=1S/C6H10O3S/c1-4-10(8)9-6(7)5(2)3/h2,4H2,1,3H3. The second kappa shape index (κ2) is 4.22. The zero-order valence-electron chi connectivity index (χ0n) is 6.05. The summed E-state index contributed by atoms with van der Waals surface area (Å²) in [6, 6.07) is 0. The maximum Gasteiger partial charge on any atom is 0.347 e. The van der Waals surface area contributed by atoms with Crippen LogP contribution in [-0.2, 0) is 20.1 Å². The van der Waals surface area contributed by atoms with Gasteiger partial charge in [0.25, 0.3) is 0 Å². The van der Waals surface area contributed by atoms with E-state index >= 15 is 0 Å². The van der Waals surface area contributed by atoms with E-state index in [-0.39, 0.29) is 5.57 Å². The van der Waals surface area contributed by atoms with Crippen LogP contribution in [-0.4, -0.2) is 15.9 Å². The number of carbonyl (C=O) groups is 1. The smallest absolute Gasteiger partial charge is 0.347 e. The van der Waals surface area contributed by atoms with Crippen molar-refractivity contribution in [2.75, 3.05) is 5.75 Å². The quantitative estimate of drug-likeness (QED) is 0.576. The van der Waals surface area contributed by atoms with Crippen LogP contribution in [0.2, 0.25) is 0 Å². The molecule has 0 aliphatic rings. The summed E-state index contributed by atoms with van der Waals surface area (Å²) in [7, 11) is 0. The Balaban J connectivity index is 3.80. The summed E-state index contributed by atoms with van der Waals surface area (Å²) < 4.78 is 14.9. The molecule has 0 rings (SSSR count). The summed E-state index contributed by atoms with van der Waals surface area (Å²) >= 11 is -1.49. The molecule has 10 heavy (non-hydrogen) atoms. The number of hydrogen-bond acceptors (Lipinski definition) is 3. The molecule has 0 aliphatic carbocycles. The first kappa shape index (κ1) is 9.36. The van der Waals surface area contributed by atoms with Crippen LogP contribution in [0.5, 0.6) is 0 Å². The fraction of sp³-hybridized carbons (Fsp3) is 0.500. The number of carbonyl (C=O) groups excluding carboxylic acids is 1. The first-order valence-corrected chi connectivity index (χ1v) is 4.08. The number of rotatable bonds is 3. The van der Waals surface area contributed by atoms with Crippen molar-refractivity contribution in [1.82, 2.24) is 0 Å². The number of hydrogen-bond donors (Lipinski definition) is 0. The van der Waals surface area contributed by atoms with Gasteiger partial charge in [-0.3, -0.25) is 0 Å². The third-order valence-electron chi connectivity index (χ3n) is 0.753. The van der Waals surface area contributed by atoms with E-state index in [9.17, 15) is 9.00 Å². The monoisotopic (exact) mass is 162 g/mol. The molecule has 0 heterocycles. The first-order chi connectivity index (χ1) is 4.57. The van der Waals surface area contributed by atoms with Gasteiger partial charge in [0, 0.05) is 5.57 Å². The van der Waals surface area contributed by atoms with E-state index in [1.165, 1.54) is 6.92 Å². The Morgan fingerprint density at radius 3 is 2.50 bits per heavy atom. The molecule has 0 aromatic heterocycles. The Bertz CT molecular complexity index is 174. The minimum Gasteiger partial charge on any atom is -0.360 e. The highest BCUT2D eigenvalue weighted by Gasteiger charge is 2.06. The molecule has 0 amide bonds. The Labute approximate surface area is 62.7 Å². The molecule has 0 saturated heterocycles. The van der Waals surface area contributed by atoms with E-state index in [4.69, 9.17) is 0 Å². The molecule has 1 atom stereocenters. The predicted molar refractivity (Wildman–Crippen MR) is 39.6 cm³/mol. The Hall–Kier alpha value is -0.640. The molecule has 3 nitrogen and oxygen atoms in total. The highest BCUT2D eigenvalue weighted by molar-refractivity contribution is 7.80. The van der Waals surface area contributed by atoms with E-state index in [0.29, 0.717) is 5.75 Å². The van der Waals surface area contributed by atoms with Crippen LogP contribution >= 0.6 is 0 Å². The molecule has 0 bridgehead atoms. The van der Waals surface area contributed by atoms with Gasteiger partial charge in [-0.25, -0.2) is 9.00 Å². The predicted octanol–water partition coefficient (Wildman–Crippen LogP) is 0.789. The molecule has 0 aliphatic heterocycles. The van der Waals surface area contributed by atoms with Gasteiger partial charge in [0.15, 0.2) is 0 Å². The Kier molecular flexibility index (Phi) is 3.95. The Morgan fingerprint density at radius 2 is 2.20 bits per heavy atom. The molecule has 4 heteroatoms. The molecular weight excluding hydrogens is 152 g/mol. The lowest BCUT2D eigenvalue weighted by Crippen LogP contribution is -2.08. The van der Waals surface area contributed by atoms with E-state index < -0.39 is 17.0 Å². The summed E-state index contributed by atoms with van der Waals surface area (Å²) in [5.41, 5.74) is 0.266. The van der Waals surface area contributed by atoms with E-state index in [2.05, 4.69) is 10.8 Å². The first-order valence-electron chi connectivity index (χ1n) is 2.84. The van der Waals surface area contributed by atoms with Crippen molar-refractivity contribution in [1.29, 1.82) is 0 Å². The summed E-state index contributed by atoms with van der Waals surface area (Å²) in [5.74, 6) is -0.279. The topological polar surface area (TPSA) is 43.4 Å². The van der Waals surface area contributed by atoms with Gasteiger partial charge in [0.1, 0.15) is 0 Å². The molecule has 0 radical (unpaired) electrons. The summed E-state index contributed by atoms with van der Waals surface area (Å²) in [6.07, 6.45) is 0. The minimum atomic E-state index is -1.49. The SMILES string of the molecule is C=C(C)C(=O)OS(=O)CC. The van der Waals surface area contributed by atoms with Crippen molar-refractivity contribution >= 4 is 17.0 Å². The van der Waals surface area contributed by atoms with Crippen molar-refractivity contribution < 1.29 is 13.2 Å². The average Bonchev–Trinajstić information content (AvgIpc) is 1.87. The van der Waals surface area contributed by atoms with Gasteiger partial charge in [0.2, 0.25) is 11.1 Å². The highest BCUT2D eigenvalue weighted by Crippen LogP contribution is 1.94.